The second kappa shape index (κ2) is 7.02. The Bertz CT molecular complexity index is 1020. The summed E-state index contributed by atoms with van der Waals surface area (Å²) in [7, 11) is 0. The van der Waals surface area contributed by atoms with Crippen molar-refractivity contribution < 1.29 is 18.3 Å². The fourth-order valence-electron chi connectivity index (χ4n) is 2.30. The van der Waals surface area contributed by atoms with E-state index in [1.165, 1.54) is 24.3 Å². The van der Waals surface area contributed by atoms with E-state index in [1.54, 1.807) is 24.3 Å². The first-order chi connectivity index (χ1) is 11.9. The Labute approximate surface area is 148 Å². The van der Waals surface area contributed by atoms with Crippen molar-refractivity contribution in [2.75, 3.05) is 0 Å². The lowest BCUT2D eigenvalue weighted by Gasteiger charge is -2.08. The van der Waals surface area contributed by atoms with Gasteiger partial charge < -0.3 is 14.7 Å². The van der Waals surface area contributed by atoms with E-state index in [2.05, 4.69) is 30.6 Å². The van der Waals surface area contributed by atoms with Crippen molar-refractivity contribution in [1.29, 1.82) is 0 Å². The number of ether oxygens (including phenoxy) is 1. The Balaban J connectivity index is 1.88. The molecule has 0 aliphatic rings. The summed E-state index contributed by atoms with van der Waals surface area (Å²) >= 11 is 3.24. The summed E-state index contributed by atoms with van der Waals surface area (Å²) in [6, 6.07) is 9.23. The lowest BCUT2D eigenvalue weighted by atomic mass is 10.1. The number of imidazole rings is 1. The van der Waals surface area contributed by atoms with E-state index in [1.807, 2.05) is 0 Å². The largest absolute Gasteiger partial charge is 0.434 e. The van der Waals surface area contributed by atoms with Crippen molar-refractivity contribution in [3.8, 4) is 5.75 Å². The molecule has 5 nitrogen and oxygen atoms in total. The molecular formula is C17H11BrF2N2O3. The molecule has 0 fully saturated rings. The van der Waals surface area contributed by atoms with Crippen LogP contribution in [0.4, 0.5) is 8.78 Å². The molecule has 0 unspecified atom stereocenters. The predicted molar refractivity (Wildman–Crippen MR) is 93.1 cm³/mol. The van der Waals surface area contributed by atoms with Crippen molar-refractivity contribution in [2.45, 2.75) is 6.61 Å². The lowest BCUT2D eigenvalue weighted by molar-refractivity contribution is -0.0499. The molecule has 25 heavy (non-hydrogen) atoms. The van der Waals surface area contributed by atoms with Gasteiger partial charge in [0.05, 0.1) is 11.0 Å². The molecule has 0 saturated heterocycles. The first kappa shape index (κ1) is 17.1. The minimum Gasteiger partial charge on any atom is -0.434 e. The number of hydrogen-bond donors (Lipinski definition) is 2. The average Bonchev–Trinajstić information content (AvgIpc) is 2.93. The third kappa shape index (κ3) is 4.03. The molecule has 128 valence electrons. The highest BCUT2D eigenvalue weighted by atomic mass is 79.9. The summed E-state index contributed by atoms with van der Waals surface area (Å²) in [4.78, 5) is 28.7. The molecule has 0 spiro atoms. The number of hydrogen-bond acceptors (Lipinski definition) is 3. The number of carbonyl (C=O) groups is 1. The molecule has 0 atom stereocenters. The van der Waals surface area contributed by atoms with Crippen LogP contribution in [-0.2, 0) is 0 Å². The van der Waals surface area contributed by atoms with Crippen molar-refractivity contribution in [3.05, 3.63) is 68.6 Å². The number of rotatable bonds is 5. The summed E-state index contributed by atoms with van der Waals surface area (Å²) in [5.74, 6) is -0.375. The summed E-state index contributed by atoms with van der Waals surface area (Å²) in [5, 5.41) is 0. The molecule has 0 bridgehead atoms. The maximum Gasteiger partial charge on any atom is 0.387 e. The summed E-state index contributed by atoms with van der Waals surface area (Å²) in [5.41, 5.74) is 1.42. The lowest BCUT2D eigenvalue weighted by Crippen LogP contribution is -2.03. The number of halogens is 3. The van der Waals surface area contributed by atoms with E-state index in [9.17, 15) is 18.4 Å². The normalized spacial score (nSPS) is 11.5. The van der Waals surface area contributed by atoms with E-state index < -0.39 is 6.61 Å². The van der Waals surface area contributed by atoms with Crippen molar-refractivity contribution in [3.63, 3.8) is 0 Å². The molecule has 0 saturated carbocycles. The monoisotopic (exact) mass is 408 g/mol. The Kier molecular flexibility index (Phi) is 4.80. The van der Waals surface area contributed by atoms with Gasteiger partial charge in [-0.05, 0) is 48.6 Å². The van der Waals surface area contributed by atoms with E-state index in [-0.39, 0.29) is 17.2 Å². The fraction of sp³-hybridized carbons (Fsp3) is 0.0588. The van der Waals surface area contributed by atoms with Crippen LogP contribution in [0.25, 0.3) is 17.1 Å². The molecule has 1 aromatic heterocycles. The van der Waals surface area contributed by atoms with Crippen molar-refractivity contribution in [1.82, 2.24) is 9.97 Å². The van der Waals surface area contributed by atoms with Crippen LogP contribution in [0.15, 0.2) is 51.7 Å². The minimum absolute atomic E-state index is 0.0346. The van der Waals surface area contributed by atoms with Crippen molar-refractivity contribution >= 4 is 38.8 Å². The van der Waals surface area contributed by atoms with E-state index in [4.69, 9.17) is 0 Å². The fourth-order valence-corrected chi connectivity index (χ4v) is 2.68. The molecule has 3 aromatic rings. The number of alkyl halides is 2. The van der Waals surface area contributed by atoms with Crippen LogP contribution in [0, 0.1) is 0 Å². The average molecular weight is 409 g/mol. The highest BCUT2D eigenvalue weighted by Crippen LogP contribution is 2.26. The molecule has 0 radical (unpaired) electrons. The van der Waals surface area contributed by atoms with Gasteiger partial charge >= 0.3 is 12.3 Å². The number of carbonyl (C=O) groups excluding carboxylic acids is 1. The zero-order valence-electron chi connectivity index (χ0n) is 12.6. The Morgan fingerprint density at radius 1 is 1.12 bits per heavy atom. The Morgan fingerprint density at radius 2 is 1.88 bits per heavy atom. The highest BCUT2D eigenvalue weighted by Gasteiger charge is 2.10. The van der Waals surface area contributed by atoms with Gasteiger partial charge in [0.1, 0.15) is 5.75 Å². The van der Waals surface area contributed by atoms with Gasteiger partial charge in [-0.1, -0.05) is 15.9 Å². The summed E-state index contributed by atoms with van der Waals surface area (Å²) in [6.07, 6.45) is 2.65. The number of nitrogens with one attached hydrogen (secondary N) is 2. The SMILES string of the molecule is O=C(/C=C/c1cc(Br)ccc1OC(F)F)c1ccc2[nH]c(=O)[nH]c2c1. The zero-order valence-corrected chi connectivity index (χ0v) is 14.1. The van der Waals surface area contributed by atoms with Gasteiger partial charge in [0, 0.05) is 15.6 Å². The molecule has 0 aliphatic carbocycles. The summed E-state index contributed by atoms with van der Waals surface area (Å²) < 4.78 is 30.0. The van der Waals surface area contributed by atoms with Crippen LogP contribution in [0.2, 0.25) is 0 Å². The smallest absolute Gasteiger partial charge is 0.387 e. The number of ketones is 1. The number of aromatic amines is 2. The molecule has 1 heterocycles. The van der Waals surface area contributed by atoms with Gasteiger partial charge in [0.25, 0.3) is 0 Å². The van der Waals surface area contributed by atoms with E-state index in [0.717, 1.165) is 0 Å². The number of H-pyrrole nitrogens is 2. The number of benzene rings is 2. The van der Waals surface area contributed by atoms with E-state index in [0.29, 0.717) is 26.6 Å². The molecule has 0 aliphatic heterocycles. The second-order valence-corrected chi connectivity index (χ2v) is 6.01. The minimum atomic E-state index is -2.96. The Morgan fingerprint density at radius 3 is 2.64 bits per heavy atom. The second-order valence-electron chi connectivity index (χ2n) is 5.10. The van der Waals surface area contributed by atoms with Gasteiger partial charge in [-0.15, -0.1) is 0 Å². The third-order valence-corrected chi connectivity index (χ3v) is 3.90. The van der Waals surface area contributed by atoms with Crippen LogP contribution >= 0.6 is 15.9 Å². The topological polar surface area (TPSA) is 75.0 Å². The first-order valence-electron chi connectivity index (χ1n) is 7.11. The maximum atomic E-state index is 12.5. The molecule has 2 N–H and O–H groups in total. The van der Waals surface area contributed by atoms with Gasteiger partial charge in [0.15, 0.2) is 5.78 Å². The van der Waals surface area contributed by atoms with Crippen LogP contribution in [-0.4, -0.2) is 22.4 Å². The number of aromatic nitrogens is 2. The number of fused-ring (bicyclic) bond motifs is 1. The number of allylic oxidation sites excluding steroid dienone is 1. The quantitative estimate of drug-likeness (QED) is 0.492. The van der Waals surface area contributed by atoms with Crippen LogP contribution in [0.1, 0.15) is 15.9 Å². The maximum absolute atomic E-state index is 12.5. The van der Waals surface area contributed by atoms with Crippen LogP contribution in [0.3, 0.4) is 0 Å². The van der Waals surface area contributed by atoms with Gasteiger partial charge in [-0.25, -0.2) is 4.79 Å². The molecular weight excluding hydrogens is 398 g/mol. The molecule has 3 rings (SSSR count). The molecule has 0 amide bonds. The predicted octanol–water partition coefficient (Wildman–Crippen LogP) is 4.12. The van der Waals surface area contributed by atoms with Crippen LogP contribution < -0.4 is 10.4 Å². The zero-order chi connectivity index (χ0) is 18.0. The third-order valence-electron chi connectivity index (χ3n) is 3.40. The van der Waals surface area contributed by atoms with Gasteiger partial charge in [0.2, 0.25) is 0 Å². The molecule has 2 aromatic carbocycles. The summed E-state index contributed by atoms with van der Waals surface area (Å²) in [6.45, 7) is -2.96. The van der Waals surface area contributed by atoms with Gasteiger partial charge in [-0.3, -0.25) is 4.79 Å². The van der Waals surface area contributed by atoms with Crippen LogP contribution in [0.5, 0.6) is 5.75 Å². The highest BCUT2D eigenvalue weighted by molar-refractivity contribution is 9.10. The molecule has 8 heteroatoms. The Hall–Kier alpha value is -2.74. The standard InChI is InChI=1S/C17H11BrF2N2O3/c18-11-3-6-15(25-16(19)20)10(7-11)2-5-14(23)9-1-4-12-13(8-9)22-17(24)21-12/h1-8,16H,(H2,21,22,24)/b5-2+. The first-order valence-corrected chi connectivity index (χ1v) is 7.90. The van der Waals surface area contributed by atoms with Crippen molar-refractivity contribution in [2.24, 2.45) is 0 Å². The van der Waals surface area contributed by atoms with Gasteiger partial charge in [-0.2, -0.15) is 8.78 Å². The van der Waals surface area contributed by atoms with E-state index >= 15 is 0 Å².